The van der Waals surface area contributed by atoms with Gasteiger partial charge in [-0.3, -0.25) is 0 Å². The van der Waals surface area contributed by atoms with Crippen molar-refractivity contribution in [2.24, 2.45) is 0 Å². The highest BCUT2D eigenvalue weighted by Gasteiger charge is 2.34. The molecule has 0 atom stereocenters. The third-order valence-electron chi connectivity index (χ3n) is 5.19. The number of furan rings is 1. The van der Waals surface area contributed by atoms with Crippen LogP contribution >= 0.6 is 7.92 Å². The van der Waals surface area contributed by atoms with Crippen molar-refractivity contribution in [2.45, 2.75) is 88.9 Å². The molecule has 0 amide bonds. The molecule has 2 aliphatic carbocycles. The van der Waals surface area contributed by atoms with Gasteiger partial charge in [0.15, 0.2) is 0 Å². The Hall–Kier alpha value is -0.290. The summed E-state index contributed by atoms with van der Waals surface area (Å²) in [6.07, 6.45) is 15.6. The highest BCUT2D eigenvalue weighted by molar-refractivity contribution is 7.66. The molecule has 0 N–H and O–H groups in total. The van der Waals surface area contributed by atoms with Gasteiger partial charge in [-0.15, -0.1) is 0 Å². The van der Waals surface area contributed by atoms with Crippen LogP contribution in [-0.4, -0.2) is 11.3 Å². The lowest BCUT2D eigenvalue weighted by Crippen LogP contribution is -2.25. The summed E-state index contributed by atoms with van der Waals surface area (Å²) in [4.78, 5) is 0. The van der Waals surface area contributed by atoms with Gasteiger partial charge < -0.3 is 4.42 Å². The second kappa shape index (κ2) is 7.12. The predicted molar refractivity (Wildman–Crippen MR) is 88.4 cm³/mol. The SMILES string of the molecule is CCc1ccc(P(C2CCCCC2)C2CCCCC2)o1. The molecule has 2 aliphatic rings. The average Bonchev–Trinajstić information content (AvgIpc) is 2.98. The maximum absolute atomic E-state index is 6.23. The lowest BCUT2D eigenvalue weighted by molar-refractivity contribution is 0.481. The molecule has 0 aromatic carbocycles. The molecule has 1 nitrogen and oxygen atoms in total. The first-order chi connectivity index (χ1) is 9.88. The van der Waals surface area contributed by atoms with Crippen LogP contribution in [0, 0.1) is 0 Å². The van der Waals surface area contributed by atoms with Crippen molar-refractivity contribution in [2.75, 3.05) is 0 Å². The van der Waals surface area contributed by atoms with Crippen molar-refractivity contribution < 1.29 is 4.42 Å². The summed E-state index contributed by atoms with van der Waals surface area (Å²) in [6, 6.07) is 4.56. The van der Waals surface area contributed by atoms with Gasteiger partial charge in [-0.25, -0.2) is 0 Å². The molecule has 2 fully saturated rings. The highest BCUT2D eigenvalue weighted by atomic mass is 31.1. The van der Waals surface area contributed by atoms with Gasteiger partial charge in [-0.2, -0.15) is 0 Å². The monoisotopic (exact) mass is 292 g/mol. The lowest BCUT2D eigenvalue weighted by atomic mass is 9.99. The Morgan fingerprint density at radius 2 is 1.45 bits per heavy atom. The van der Waals surface area contributed by atoms with Gasteiger partial charge in [-0.05, 0) is 57.1 Å². The van der Waals surface area contributed by atoms with Gasteiger partial charge >= 0.3 is 0 Å². The molecule has 0 bridgehead atoms. The van der Waals surface area contributed by atoms with Crippen LogP contribution in [0.4, 0.5) is 0 Å². The Balaban J connectivity index is 1.81. The second-order valence-electron chi connectivity index (χ2n) is 6.58. The van der Waals surface area contributed by atoms with Crippen LogP contribution in [0.25, 0.3) is 0 Å². The van der Waals surface area contributed by atoms with Crippen molar-refractivity contribution in [1.29, 1.82) is 0 Å². The summed E-state index contributed by atoms with van der Waals surface area (Å²) in [7, 11) is -0.0437. The maximum Gasteiger partial charge on any atom is 0.126 e. The number of hydrogen-bond acceptors (Lipinski definition) is 1. The molecule has 0 saturated heterocycles. The van der Waals surface area contributed by atoms with Crippen LogP contribution in [0.3, 0.4) is 0 Å². The fourth-order valence-electron chi connectivity index (χ4n) is 4.07. The van der Waals surface area contributed by atoms with E-state index >= 15 is 0 Å². The molecule has 0 unspecified atom stereocenters. The van der Waals surface area contributed by atoms with Gasteiger partial charge in [0, 0.05) is 6.42 Å². The molecule has 1 aromatic heterocycles. The van der Waals surface area contributed by atoms with Crippen molar-refractivity contribution in [3.05, 3.63) is 17.9 Å². The quantitative estimate of drug-likeness (QED) is 0.657. The third kappa shape index (κ3) is 3.30. The van der Waals surface area contributed by atoms with E-state index in [1.54, 1.807) is 0 Å². The first-order valence-corrected chi connectivity index (χ1v) is 10.2. The van der Waals surface area contributed by atoms with E-state index in [2.05, 4.69) is 19.1 Å². The molecule has 112 valence electrons. The Bertz CT molecular complexity index is 381. The van der Waals surface area contributed by atoms with Crippen molar-refractivity contribution >= 4 is 13.4 Å². The summed E-state index contributed by atoms with van der Waals surface area (Å²) in [5, 5.41) is 0. The molecular weight excluding hydrogens is 263 g/mol. The molecule has 0 spiro atoms. The molecule has 1 heterocycles. The molecule has 0 radical (unpaired) electrons. The van der Waals surface area contributed by atoms with Gasteiger partial charge in [0.25, 0.3) is 0 Å². The summed E-state index contributed by atoms with van der Waals surface area (Å²) in [5.74, 6) is 1.19. The van der Waals surface area contributed by atoms with E-state index in [0.29, 0.717) is 0 Å². The van der Waals surface area contributed by atoms with Crippen LogP contribution in [0.15, 0.2) is 16.5 Å². The molecule has 0 aliphatic heterocycles. The smallest absolute Gasteiger partial charge is 0.126 e. The minimum Gasteiger partial charge on any atom is -0.462 e. The van der Waals surface area contributed by atoms with Crippen molar-refractivity contribution in [3.63, 3.8) is 0 Å². The Labute approximate surface area is 125 Å². The summed E-state index contributed by atoms with van der Waals surface area (Å²) in [5.41, 5.74) is 3.30. The number of aryl methyl sites for hydroxylation is 1. The van der Waals surface area contributed by atoms with Crippen LogP contribution in [0.2, 0.25) is 0 Å². The van der Waals surface area contributed by atoms with E-state index < -0.39 is 0 Å². The second-order valence-corrected chi connectivity index (χ2v) is 9.30. The Morgan fingerprint density at radius 3 is 1.90 bits per heavy atom. The lowest BCUT2D eigenvalue weighted by Gasteiger charge is -2.37. The third-order valence-corrected chi connectivity index (χ3v) is 8.54. The highest BCUT2D eigenvalue weighted by Crippen LogP contribution is 2.55. The van der Waals surface area contributed by atoms with E-state index in [1.165, 1.54) is 75.5 Å². The summed E-state index contributed by atoms with van der Waals surface area (Å²) >= 11 is 0. The topological polar surface area (TPSA) is 13.1 Å². The van der Waals surface area contributed by atoms with E-state index in [-0.39, 0.29) is 7.92 Å². The Morgan fingerprint density at radius 1 is 0.900 bits per heavy atom. The molecule has 1 aromatic rings. The zero-order valence-corrected chi connectivity index (χ0v) is 13.8. The molecule has 2 saturated carbocycles. The van der Waals surface area contributed by atoms with E-state index in [0.717, 1.165) is 17.7 Å². The minimum absolute atomic E-state index is 0.0437. The normalized spacial score (nSPS) is 22.5. The fourth-order valence-corrected chi connectivity index (χ4v) is 7.70. The van der Waals surface area contributed by atoms with Crippen molar-refractivity contribution in [3.8, 4) is 0 Å². The number of hydrogen-bond donors (Lipinski definition) is 0. The molecule has 2 heteroatoms. The number of rotatable bonds is 4. The van der Waals surface area contributed by atoms with Crippen LogP contribution in [-0.2, 0) is 6.42 Å². The maximum atomic E-state index is 6.23. The van der Waals surface area contributed by atoms with E-state index in [4.69, 9.17) is 4.42 Å². The summed E-state index contributed by atoms with van der Waals surface area (Å²) in [6.45, 7) is 2.20. The van der Waals surface area contributed by atoms with Gasteiger partial charge in [0.05, 0.1) is 0 Å². The zero-order valence-electron chi connectivity index (χ0n) is 12.9. The molecular formula is C18H29OP. The van der Waals surface area contributed by atoms with E-state index in [9.17, 15) is 0 Å². The van der Waals surface area contributed by atoms with Crippen LogP contribution < -0.4 is 5.50 Å². The van der Waals surface area contributed by atoms with E-state index in [1.807, 2.05) is 0 Å². The molecule has 20 heavy (non-hydrogen) atoms. The molecule has 3 rings (SSSR count). The first-order valence-electron chi connectivity index (χ1n) is 8.75. The minimum atomic E-state index is -0.0437. The van der Waals surface area contributed by atoms with Gasteiger partial charge in [0.1, 0.15) is 11.3 Å². The van der Waals surface area contributed by atoms with Gasteiger partial charge in [0.2, 0.25) is 0 Å². The van der Waals surface area contributed by atoms with Crippen molar-refractivity contribution in [1.82, 2.24) is 0 Å². The average molecular weight is 292 g/mol. The summed E-state index contributed by atoms with van der Waals surface area (Å²) < 4.78 is 6.23. The van der Waals surface area contributed by atoms with Gasteiger partial charge in [-0.1, -0.05) is 45.4 Å². The van der Waals surface area contributed by atoms with Crippen LogP contribution in [0.5, 0.6) is 0 Å². The predicted octanol–water partition coefficient (Wildman–Crippen LogP) is 5.61. The largest absolute Gasteiger partial charge is 0.462 e. The first kappa shape index (κ1) is 14.6. The Kier molecular flexibility index (Phi) is 5.21. The van der Waals surface area contributed by atoms with Crippen LogP contribution in [0.1, 0.15) is 76.9 Å². The standard InChI is InChI=1S/C18H29OP/c1-2-15-13-14-18(19-15)20(16-9-5-3-6-10-16)17-11-7-4-8-12-17/h13-14,16-17H,2-12H2,1H3. The zero-order chi connectivity index (χ0) is 13.8. The fraction of sp³-hybridized carbons (Fsp3) is 0.778.